The number of aromatic nitrogens is 1. The molecule has 1 amide bonds. The van der Waals surface area contributed by atoms with Crippen LogP contribution in [0.3, 0.4) is 0 Å². The molecule has 5 nitrogen and oxygen atoms in total. The molecule has 1 saturated heterocycles. The summed E-state index contributed by atoms with van der Waals surface area (Å²) in [6.07, 6.45) is 1.61. The van der Waals surface area contributed by atoms with Crippen molar-refractivity contribution in [3.8, 4) is 11.6 Å². The maximum absolute atomic E-state index is 12.2. The third kappa shape index (κ3) is 4.09. The van der Waals surface area contributed by atoms with Crippen LogP contribution in [-0.2, 0) is 4.79 Å². The summed E-state index contributed by atoms with van der Waals surface area (Å²) < 4.78 is 6.61. The SMILES string of the molecule is CC(C(=O)Nc1ccc(Oc2cccc(Br)c2)nc1)C1CNC1. The fraction of sp³-hybridized carbons (Fsp3) is 0.294. The van der Waals surface area contributed by atoms with E-state index in [1.807, 2.05) is 31.2 Å². The first-order valence-corrected chi connectivity index (χ1v) is 8.32. The fourth-order valence-electron chi connectivity index (χ4n) is 2.30. The van der Waals surface area contributed by atoms with Crippen molar-refractivity contribution < 1.29 is 9.53 Å². The Morgan fingerprint density at radius 2 is 2.22 bits per heavy atom. The van der Waals surface area contributed by atoms with Gasteiger partial charge < -0.3 is 15.4 Å². The van der Waals surface area contributed by atoms with Gasteiger partial charge in [0.2, 0.25) is 11.8 Å². The van der Waals surface area contributed by atoms with Gasteiger partial charge in [-0.25, -0.2) is 4.98 Å². The van der Waals surface area contributed by atoms with E-state index in [2.05, 4.69) is 31.5 Å². The Balaban J connectivity index is 1.59. The maximum Gasteiger partial charge on any atom is 0.227 e. The molecule has 0 bridgehead atoms. The van der Waals surface area contributed by atoms with Gasteiger partial charge in [-0.05, 0) is 43.3 Å². The largest absolute Gasteiger partial charge is 0.439 e. The zero-order valence-corrected chi connectivity index (χ0v) is 14.3. The summed E-state index contributed by atoms with van der Waals surface area (Å²) >= 11 is 3.40. The lowest BCUT2D eigenvalue weighted by molar-refractivity contribution is -0.121. The summed E-state index contributed by atoms with van der Waals surface area (Å²) in [5.41, 5.74) is 0.677. The molecule has 0 aliphatic carbocycles. The Kier molecular flexibility index (Phi) is 4.93. The van der Waals surface area contributed by atoms with Crippen LogP contribution in [-0.4, -0.2) is 24.0 Å². The topological polar surface area (TPSA) is 63.2 Å². The molecule has 2 N–H and O–H groups in total. The number of hydrogen-bond donors (Lipinski definition) is 2. The summed E-state index contributed by atoms with van der Waals surface area (Å²) in [6, 6.07) is 11.1. The van der Waals surface area contributed by atoms with Gasteiger partial charge in [0, 0.05) is 16.5 Å². The third-order valence-corrected chi connectivity index (χ3v) is 4.45. The number of anilines is 1. The number of pyridine rings is 1. The molecule has 1 aromatic carbocycles. The second-order valence-corrected chi connectivity index (χ2v) is 6.56. The van der Waals surface area contributed by atoms with E-state index in [1.54, 1.807) is 18.3 Å². The van der Waals surface area contributed by atoms with Crippen molar-refractivity contribution in [2.24, 2.45) is 11.8 Å². The number of nitrogens with one attached hydrogen (secondary N) is 2. The maximum atomic E-state index is 12.2. The summed E-state index contributed by atoms with van der Waals surface area (Å²) in [4.78, 5) is 16.4. The van der Waals surface area contributed by atoms with Gasteiger partial charge in [-0.15, -0.1) is 0 Å². The highest BCUT2D eigenvalue weighted by atomic mass is 79.9. The van der Waals surface area contributed by atoms with Gasteiger partial charge in [0.15, 0.2) is 0 Å². The van der Waals surface area contributed by atoms with Gasteiger partial charge in [-0.1, -0.05) is 28.9 Å². The molecule has 1 fully saturated rings. The lowest BCUT2D eigenvalue weighted by Gasteiger charge is -2.31. The predicted octanol–water partition coefficient (Wildman–Crippen LogP) is 3.43. The number of ether oxygens (including phenoxy) is 1. The number of amides is 1. The van der Waals surface area contributed by atoms with Crippen molar-refractivity contribution >= 4 is 27.5 Å². The van der Waals surface area contributed by atoms with E-state index in [1.165, 1.54) is 0 Å². The monoisotopic (exact) mass is 375 g/mol. The lowest BCUT2D eigenvalue weighted by atomic mass is 9.88. The first-order valence-electron chi connectivity index (χ1n) is 7.53. The normalized spacial score (nSPS) is 15.6. The highest BCUT2D eigenvalue weighted by Crippen LogP contribution is 2.24. The van der Waals surface area contributed by atoms with E-state index < -0.39 is 0 Å². The van der Waals surface area contributed by atoms with Crippen LogP contribution in [0.2, 0.25) is 0 Å². The summed E-state index contributed by atoms with van der Waals surface area (Å²) in [7, 11) is 0. The van der Waals surface area contributed by atoms with Crippen LogP contribution in [0.25, 0.3) is 0 Å². The first kappa shape index (κ1) is 16.0. The van der Waals surface area contributed by atoms with Crippen LogP contribution in [0.5, 0.6) is 11.6 Å². The zero-order valence-electron chi connectivity index (χ0n) is 12.8. The molecule has 3 rings (SSSR count). The number of halogens is 1. The molecule has 1 aromatic heterocycles. The summed E-state index contributed by atoms with van der Waals surface area (Å²) in [5, 5.41) is 6.08. The summed E-state index contributed by atoms with van der Waals surface area (Å²) in [6.45, 7) is 3.78. The van der Waals surface area contributed by atoms with E-state index in [0.717, 1.165) is 17.6 Å². The van der Waals surface area contributed by atoms with Gasteiger partial charge in [0.1, 0.15) is 5.75 Å². The zero-order chi connectivity index (χ0) is 16.2. The van der Waals surface area contributed by atoms with Crippen molar-refractivity contribution in [1.82, 2.24) is 10.3 Å². The van der Waals surface area contributed by atoms with Gasteiger partial charge in [-0.2, -0.15) is 0 Å². The van der Waals surface area contributed by atoms with Gasteiger partial charge in [0.25, 0.3) is 0 Å². The van der Waals surface area contributed by atoms with Crippen molar-refractivity contribution in [2.45, 2.75) is 6.92 Å². The van der Waals surface area contributed by atoms with Crippen LogP contribution in [0.1, 0.15) is 6.92 Å². The van der Waals surface area contributed by atoms with E-state index in [-0.39, 0.29) is 11.8 Å². The second kappa shape index (κ2) is 7.10. The minimum Gasteiger partial charge on any atom is -0.439 e. The molecule has 2 aromatic rings. The molecule has 6 heteroatoms. The molecule has 1 aliphatic heterocycles. The van der Waals surface area contributed by atoms with E-state index in [0.29, 0.717) is 23.2 Å². The first-order chi connectivity index (χ1) is 11.1. The van der Waals surface area contributed by atoms with Crippen LogP contribution < -0.4 is 15.4 Å². The van der Waals surface area contributed by atoms with Gasteiger partial charge >= 0.3 is 0 Å². The highest BCUT2D eigenvalue weighted by Gasteiger charge is 2.28. The quantitative estimate of drug-likeness (QED) is 0.840. The van der Waals surface area contributed by atoms with Crippen LogP contribution in [0.15, 0.2) is 47.1 Å². The van der Waals surface area contributed by atoms with E-state index >= 15 is 0 Å². The molecule has 23 heavy (non-hydrogen) atoms. The number of hydrogen-bond acceptors (Lipinski definition) is 4. The number of rotatable bonds is 5. The van der Waals surface area contributed by atoms with Crippen molar-refractivity contribution in [3.05, 3.63) is 47.1 Å². The van der Waals surface area contributed by atoms with Crippen molar-refractivity contribution in [3.63, 3.8) is 0 Å². The summed E-state index contributed by atoms with van der Waals surface area (Å²) in [5.74, 6) is 1.63. The molecular weight excluding hydrogens is 358 g/mol. The minimum absolute atomic E-state index is 0.00570. The van der Waals surface area contributed by atoms with Crippen LogP contribution >= 0.6 is 15.9 Å². The number of benzene rings is 1. The van der Waals surface area contributed by atoms with E-state index in [4.69, 9.17) is 4.74 Å². The van der Waals surface area contributed by atoms with Gasteiger partial charge in [-0.3, -0.25) is 4.79 Å². The number of carbonyl (C=O) groups excluding carboxylic acids is 1. The Hall–Kier alpha value is -1.92. The average Bonchev–Trinajstić information content (AvgIpc) is 2.47. The smallest absolute Gasteiger partial charge is 0.227 e. The van der Waals surface area contributed by atoms with Crippen LogP contribution in [0.4, 0.5) is 5.69 Å². The molecule has 0 radical (unpaired) electrons. The molecule has 2 heterocycles. The predicted molar refractivity (Wildman–Crippen MR) is 92.6 cm³/mol. The number of carbonyl (C=O) groups is 1. The molecule has 1 aliphatic rings. The molecule has 0 saturated carbocycles. The highest BCUT2D eigenvalue weighted by molar-refractivity contribution is 9.10. The fourth-order valence-corrected chi connectivity index (χ4v) is 2.68. The molecule has 1 atom stereocenters. The molecule has 120 valence electrons. The minimum atomic E-state index is -0.00570. The molecule has 1 unspecified atom stereocenters. The average molecular weight is 376 g/mol. The number of nitrogens with zero attached hydrogens (tertiary/aromatic N) is 1. The molecular formula is C17H18BrN3O2. The Bertz CT molecular complexity index is 686. The van der Waals surface area contributed by atoms with Crippen molar-refractivity contribution in [1.29, 1.82) is 0 Å². The Morgan fingerprint density at radius 1 is 1.39 bits per heavy atom. The third-order valence-electron chi connectivity index (χ3n) is 3.96. The second-order valence-electron chi connectivity index (χ2n) is 5.64. The van der Waals surface area contributed by atoms with Crippen LogP contribution in [0, 0.1) is 11.8 Å². The van der Waals surface area contributed by atoms with Gasteiger partial charge in [0.05, 0.1) is 11.9 Å². The van der Waals surface area contributed by atoms with E-state index in [9.17, 15) is 4.79 Å². The van der Waals surface area contributed by atoms with Crippen molar-refractivity contribution in [2.75, 3.05) is 18.4 Å². The standard InChI is InChI=1S/C17H18BrN3O2/c1-11(12-8-19-9-12)17(22)21-14-5-6-16(20-10-14)23-15-4-2-3-13(18)7-15/h2-7,10-12,19H,8-9H2,1H3,(H,21,22). The lowest BCUT2D eigenvalue weighted by Crippen LogP contribution is -2.48. The Labute approximate surface area is 143 Å². The Morgan fingerprint density at radius 3 is 2.83 bits per heavy atom. The molecule has 0 spiro atoms.